The first kappa shape index (κ1) is 24.3. The molecular weight excluding hydrogens is 427 g/mol. The van der Waals surface area contributed by atoms with Gasteiger partial charge in [-0.3, -0.25) is 0 Å². The summed E-state index contributed by atoms with van der Waals surface area (Å²) in [6, 6.07) is 19.8. The van der Waals surface area contributed by atoms with Crippen LogP contribution in [-0.2, 0) is 20.8 Å². The molecule has 3 aromatic rings. The predicted octanol–water partition coefficient (Wildman–Crippen LogP) is 7.17. The molecule has 4 rings (SSSR count). The van der Waals surface area contributed by atoms with E-state index in [1.807, 2.05) is 30.3 Å². The number of halogens is 1. The molecule has 3 aromatic carbocycles. The first-order valence-electron chi connectivity index (χ1n) is 11.8. The summed E-state index contributed by atoms with van der Waals surface area (Å²) in [6.07, 6.45) is 5.31. The van der Waals surface area contributed by atoms with Crippen LogP contribution in [0.15, 0.2) is 66.7 Å². The maximum absolute atomic E-state index is 13.9. The zero-order chi connectivity index (χ0) is 24.1. The number of methoxy groups -OCH3 is 1. The number of hydrogen-bond donors (Lipinski definition) is 0. The molecule has 178 valence electrons. The summed E-state index contributed by atoms with van der Waals surface area (Å²) >= 11 is 0. The van der Waals surface area contributed by atoms with Crippen molar-refractivity contribution in [1.82, 2.24) is 0 Å². The van der Waals surface area contributed by atoms with E-state index in [1.54, 1.807) is 14.0 Å². The molecule has 1 heterocycles. The summed E-state index contributed by atoms with van der Waals surface area (Å²) in [5.41, 5.74) is 7.36. The molecular formula is C30H33FO3. The number of aryl methyl sites for hydroxylation is 3. The van der Waals surface area contributed by atoms with Gasteiger partial charge in [0.1, 0.15) is 5.82 Å². The van der Waals surface area contributed by atoms with E-state index in [9.17, 15) is 4.39 Å². The van der Waals surface area contributed by atoms with Crippen LogP contribution < -0.4 is 0 Å². The van der Waals surface area contributed by atoms with Gasteiger partial charge in [0.15, 0.2) is 6.29 Å². The minimum absolute atomic E-state index is 0.0480. The Bertz CT molecular complexity index is 1140. The van der Waals surface area contributed by atoms with Gasteiger partial charge >= 0.3 is 0 Å². The van der Waals surface area contributed by atoms with Crippen molar-refractivity contribution in [3.05, 3.63) is 100 Å². The monoisotopic (exact) mass is 460 g/mol. The van der Waals surface area contributed by atoms with Gasteiger partial charge in [-0.1, -0.05) is 66.2 Å². The highest BCUT2D eigenvalue weighted by Gasteiger charge is 2.29. The highest BCUT2D eigenvalue weighted by Crippen LogP contribution is 2.31. The second kappa shape index (κ2) is 11.1. The van der Waals surface area contributed by atoms with Gasteiger partial charge < -0.3 is 14.2 Å². The van der Waals surface area contributed by atoms with Crippen LogP contribution in [0.1, 0.15) is 40.7 Å². The van der Waals surface area contributed by atoms with E-state index >= 15 is 0 Å². The van der Waals surface area contributed by atoms with Crippen LogP contribution in [0.2, 0.25) is 0 Å². The Morgan fingerprint density at radius 1 is 0.971 bits per heavy atom. The summed E-state index contributed by atoms with van der Waals surface area (Å²) in [5.74, 6) is -0.187. The van der Waals surface area contributed by atoms with Gasteiger partial charge in [0, 0.05) is 20.0 Å². The Hall–Kier alpha value is -2.79. The summed E-state index contributed by atoms with van der Waals surface area (Å²) in [7, 11) is 1.67. The molecule has 1 aliphatic rings. The smallest absolute Gasteiger partial charge is 0.160 e. The van der Waals surface area contributed by atoms with E-state index in [1.165, 1.54) is 17.2 Å². The van der Waals surface area contributed by atoms with Crippen molar-refractivity contribution in [2.45, 2.75) is 58.7 Å². The predicted molar refractivity (Wildman–Crippen MR) is 135 cm³/mol. The summed E-state index contributed by atoms with van der Waals surface area (Å²) in [6.45, 7) is 6.57. The molecule has 0 saturated carbocycles. The summed E-state index contributed by atoms with van der Waals surface area (Å²) < 4.78 is 31.8. The third kappa shape index (κ3) is 6.01. The Morgan fingerprint density at radius 3 is 2.50 bits per heavy atom. The number of hydrogen-bond acceptors (Lipinski definition) is 3. The second-order valence-corrected chi connectivity index (χ2v) is 9.10. The Labute approximate surface area is 202 Å². The number of ether oxygens (including phenoxy) is 3. The van der Waals surface area contributed by atoms with E-state index < -0.39 is 0 Å². The topological polar surface area (TPSA) is 27.7 Å². The fourth-order valence-electron chi connectivity index (χ4n) is 4.53. The number of rotatable bonds is 7. The lowest BCUT2D eigenvalue weighted by molar-refractivity contribution is -0.200. The Balaban J connectivity index is 1.55. The lowest BCUT2D eigenvalue weighted by Gasteiger charge is -2.33. The fourth-order valence-corrected chi connectivity index (χ4v) is 4.53. The molecule has 1 saturated heterocycles. The van der Waals surface area contributed by atoms with Gasteiger partial charge in [0.25, 0.3) is 0 Å². The molecule has 0 aromatic heterocycles. The Kier molecular flexibility index (Phi) is 7.94. The maximum Gasteiger partial charge on any atom is 0.160 e. The van der Waals surface area contributed by atoms with Crippen molar-refractivity contribution in [3.8, 4) is 11.1 Å². The molecule has 0 radical (unpaired) electrons. The van der Waals surface area contributed by atoms with E-state index in [0.717, 1.165) is 28.7 Å². The molecule has 3 atom stereocenters. The van der Waals surface area contributed by atoms with Crippen LogP contribution in [0.25, 0.3) is 17.2 Å². The minimum atomic E-state index is -0.303. The van der Waals surface area contributed by atoms with Gasteiger partial charge in [-0.05, 0) is 66.3 Å². The zero-order valence-corrected chi connectivity index (χ0v) is 20.4. The van der Waals surface area contributed by atoms with Crippen LogP contribution in [-0.4, -0.2) is 25.6 Å². The van der Waals surface area contributed by atoms with E-state index in [4.69, 9.17) is 14.2 Å². The summed E-state index contributed by atoms with van der Waals surface area (Å²) in [4.78, 5) is 0. The van der Waals surface area contributed by atoms with E-state index in [0.29, 0.717) is 18.6 Å². The van der Waals surface area contributed by atoms with Crippen molar-refractivity contribution in [2.75, 3.05) is 7.11 Å². The molecule has 0 amide bonds. The Morgan fingerprint density at radius 2 is 1.76 bits per heavy atom. The van der Waals surface area contributed by atoms with Crippen molar-refractivity contribution in [2.24, 2.45) is 0 Å². The molecule has 3 nitrogen and oxygen atoms in total. The molecule has 1 aliphatic heterocycles. The van der Waals surface area contributed by atoms with Gasteiger partial charge in [-0.15, -0.1) is 0 Å². The highest BCUT2D eigenvalue weighted by molar-refractivity contribution is 5.78. The van der Waals surface area contributed by atoms with Crippen LogP contribution in [0.5, 0.6) is 0 Å². The van der Waals surface area contributed by atoms with Gasteiger partial charge in [-0.2, -0.15) is 0 Å². The molecule has 0 N–H and O–H groups in total. The normalized spacial score (nSPS) is 20.7. The standard InChI is InChI=1S/C30H33FO3/c1-20-14-21(2)27(28(15-20)24-10-13-29(31)22(3)16-24)12-11-25-17-26(18-30(32-4)34-25)33-19-23-8-6-5-7-9-23/h5-16,25-26,30H,17-19H2,1-4H3/t25-,26-,30+/m1/s1. The number of benzene rings is 3. The largest absolute Gasteiger partial charge is 0.373 e. The second-order valence-electron chi connectivity index (χ2n) is 9.10. The van der Waals surface area contributed by atoms with Gasteiger partial charge in [0.05, 0.1) is 18.8 Å². The van der Waals surface area contributed by atoms with Gasteiger partial charge in [-0.25, -0.2) is 4.39 Å². The molecule has 0 unspecified atom stereocenters. The maximum atomic E-state index is 13.9. The average Bonchev–Trinajstić information content (AvgIpc) is 2.84. The SMILES string of the molecule is CO[C@@H]1C[C@H](OCc2ccccc2)C[C@@H](C=Cc2c(C)cc(C)cc2-c2ccc(F)c(C)c2)O1. The lowest BCUT2D eigenvalue weighted by atomic mass is 9.92. The fraction of sp³-hybridized carbons (Fsp3) is 0.333. The first-order chi connectivity index (χ1) is 16.4. The van der Waals surface area contributed by atoms with Crippen LogP contribution in [0.3, 0.4) is 0 Å². The highest BCUT2D eigenvalue weighted by atomic mass is 19.1. The minimum Gasteiger partial charge on any atom is -0.373 e. The van der Waals surface area contributed by atoms with E-state index in [2.05, 4.69) is 50.3 Å². The lowest BCUT2D eigenvalue weighted by Crippen LogP contribution is -2.37. The third-order valence-corrected chi connectivity index (χ3v) is 6.35. The average molecular weight is 461 g/mol. The molecule has 4 heteroatoms. The molecule has 1 fully saturated rings. The van der Waals surface area contributed by atoms with Crippen molar-refractivity contribution in [1.29, 1.82) is 0 Å². The van der Waals surface area contributed by atoms with Crippen molar-refractivity contribution >= 4 is 6.08 Å². The third-order valence-electron chi connectivity index (χ3n) is 6.35. The first-order valence-corrected chi connectivity index (χ1v) is 11.8. The van der Waals surface area contributed by atoms with Crippen molar-refractivity contribution in [3.63, 3.8) is 0 Å². The van der Waals surface area contributed by atoms with Crippen LogP contribution >= 0.6 is 0 Å². The zero-order valence-electron chi connectivity index (χ0n) is 20.4. The summed E-state index contributed by atoms with van der Waals surface area (Å²) in [5, 5.41) is 0. The van der Waals surface area contributed by atoms with Crippen molar-refractivity contribution < 1.29 is 18.6 Å². The van der Waals surface area contributed by atoms with E-state index in [-0.39, 0.29) is 24.3 Å². The van der Waals surface area contributed by atoms with Gasteiger partial charge in [0.2, 0.25) is 0 Å². The molecule has 0 aliphatic carbocycles. The molecule has 0 bridgehead atoms. The van der Waals surface area contributed by atoms with Crippen LogP contribution in [0.4, 0.5) is 4.39 Å². The molecule has 34 heavy (non-hydrogen) atoms. The van der Waals surface area contributed by atoms with Crippen LogP contribution in [0, 0.1) is 26.6 Å². The molecule has 0 spiro atoms. The quantitative estimate of drug-likeness (QED) is 0.374.